The van der Waals surface area contributed by atoms with E-state index in [9.17, 15) is 13.2 Å². The van der Waals surface area contributed by atoms with Crippen molar-refractivity contribution in [2.75, 3.05) is 13.2 Å². The van der Waals surface area contributed by atoms with Crippen molar-refractivity contribution in [3.8, 4) is 0 Å². The minimum absolute atomic E-state index is 0.330. The molecule has 0 aromatic heterocycles. The number of aliphatic imine (C=N–C) groups is 1. The molecule has 0 aliphatic carbocycles. The summed E-state index contributed by atoms with van der Waals surface area (Å²) < 4.78 is 40.5. The highest BCUT2D eigenvalue weighted by molar-refractivity contribution is 5.99. The predicted molar refractivity (Wildman–Crippen MR) is 56.8 cm³/mol. The molecule has 16 heavy (non-hydrogen) atoms. The molecule has 1 atom stereocenters. The lowest BCUT2D eigenvalue weighted by atomic mass is 10.0. The van der Waals surface area contributed by atoms with Crippen molar-refractivity contribution in [3.05, 3.63) is 11.6 Å². The molecule has 0 saturated carbocycles. The maximum absolute atomic E-state index is 11.9. The molecule has 1 aliphatic rings. The number of nitrogens with zero attached hydrogens (tertiary/aromatic N) is 1. The molecule has 2 nitrogen and oxygen atoms in total. The molecule has 0 aromatic rings. The lowest BCUT2D eigenvalue weighted by Gasteiger charge is -2.22. The van der Waals surface area contributed by atoms with Crippen molar-refractivity contribution in [2.24, 2.45) is 4.99 Å². The molecule has 0 radical (unpaired) electrons. The van der Waals surface area contributed by atoms with Gasteiger partial charge in [0, 0.05) is 5.71 Å². The Balaban J connectivity index is 2.40. The number of halogens is 3. The van der Waals surface area contributed by atoms with Crippen LogP contribution in [0.4, 0.5) is 13.2 Å². The second kappa shape index (κ2) is 5.48. The topological polar surface area (TPSA) is 21.6 Å². The Hall–Kier alpha value is -0.840. The first-order chi connectivity index (χ1) is 7.42. The molecule has 1 heterocycles. The van der Waals surface area contributed by atoms with Gasteiger partial charge in [0.15, 0.2) is 0 Å². The minimum Gasteiger partial charge on any atom is -0.367 e. The second-order valence-corrected chi connectivity index (χ2v) is 3.85. The summed E-state index contributed by atoms with van der Waals surface area (Å²) in [7, 11) is 0. The van der Waals surface area contributed by atoms with Crippen molar-refractivity contribution >= 4 is 5.71 Å². The number of hydrogen-bond donors (Lipinski definition) is 0. The fourth-order valence-corrected chi connectivity index (χ4v) is 1.52. The van der Waals surface area contributed by atoms with E-state index in [4.69, 9.17) is 4.74 Å². The predicted octanol–water partition coefficient (Wildman–Crippen LogP) is 3.13. The summed E-state index contributed by atoms with van der Waals surface area (Å²) in [6.07, 6.45) is -1.38. The van der Waals surface area contributed by atoms with Crippen molar-refractivity contribution in [1.29, 1.82) is 0 Å². The first-order valence-electron chi connectivity index (χ1n) is 5.27. The maximum Gasteiger partial charge on any atom is 0.411 e. The zero-order chi connectivity index (χ0) is 12.2. The Labute approximate surface area is 93.2 Å². The normalized spacial score (nSPS) is 23.2. The molecule has 0 aromatic carbocycles. The van der Waals surface area contributed by atoms with Crippen LogP contribution >= 0.6 is 0 Å². The Bertz CT molecular complexity index is 294. The quantitative estimate of drug-likeness (QED) is 0.736. The molecule has 0 saturated heterocycles. The number of rotatable bonds is 3. The smallest absolute Gasteiger partial charge is 0.367 e. The third-order valence-corrected chi connectivity index (χ3v) is 2.56. The van der Waals surface area contributed by atoms with Crippen LogP contribution in [0.25, 0.3) is 0 Å². The molecule has 0 amide bonds. The van der Waals surface area contributed by atoms with E-state index in [1.807, 2.05) is 19.9 Å². The van der Waals surface area contributed by atoms with Crippen molar-refractivity contribution in [2.45, 2.75) is 39.0 Å². The minimum atomic E-state index is -4.25. The van der Waals surface area contributed by atoms with Gasteiger partial charge in [-0.05, 0) is 32.3 Å². The largest absolute Gasteiger partial charge is 0.411 e. The summed E-state index contributed by atoms with van der Waals surface area (Å²) >= 11 is 0. The Kier molecular flexibility index (Phi) is 4.53. The third kappa shape index (κ3) is 4.35. The number of alkyl halides is 3. The van der Waals surface area contributed by atoms with Gasteiger partial charge in [-0.15, -0.1) is 0 Å². The molecule has 0 bridgehead atoms. The lowest BCUT2D eigenvalue weighted by Crippen LogP contribution is -2.28. The highest BCUT2D eigenvalue weighted by atomic mass is 19.4. The summed E-state index contributed by atoms with van der Waals surface area (Å²) in [6, 6.07) is 0. The Morgan fingerprint density at radius 1 is 1.56 bits per heavy atom. The fraction of sp³-hybridized carbons (Fsp3) is 0.727. The van der Waals surface area contributed by atoms with Gasteiger partial charge in [0.05, 0.1) is 12.6 Å². The van der Waals surface area contributed by atoms with Gasteiger partial charge in [-0.2, -0.15) is 13.2 Å². The number of allylic oxidation sites excluding steroid dienone is 2. The molecule has 0 N–H and O–H groups in total. The molecule has 0 fully saturated rings. The number of ether oxygens (including phenoxy) is 1. The Morgan fingerprint density at radius 3 is 2.69 bits per heavy atom. The molecular weight excluding hydrogens is 219 g/mol. The van der Waals surface area contributed by atoms with Crippen LogP contribution in [0.15, 0.2) is 16.6 Å². The van der Waals surface area contributed by atoms with Gasteiger partial charge >= 0.3 is 6.18 Å². The summed E-state index contributed by atoms with van der Waals surface area (Å²) in [6.45, 7) is 3.03. The van der Waals surface area contributed by atoms with Crippen LogP contribution in [0, 0.1) is 0 Å². The number of hydrogen-bond acceptors (Lipinski definition) is 2. The van der Waals surface area contributed by atoms with Crippen LogP contribution in [0.3, 0.4) is 0 Å². The lowest BCUT2D eigenvalue weighted by molar-refractivity contribution is -0.184. The third-order valence-electron chi connectivity index (χ3n) is 2.56. The SMILES string of the molecule is C/C=C(/C)C1=NCC(OCC(F)(F)F)CC1. The van der Waals surface area contributed by atoms with E-state index in [2.05, 4.69) is 4.99 Å². The molecule has 1 aliphatic heterocycles. The van der Waals surface area contributed by atoms with E-state index < -0.39 is 18.9 Å². The van der Waals surface area contributed by atoms with Crippen LogP contribution in [0.5, 0.6) is 0 Å². The average Bonchev–Trinajstić information content (AvgIpc) is 2.25. The highest BCUT2D eigenvalue weighted by Crippen LogP contribution is 2.20. The molecule has 1 unspecified atom stereocenters. The van der Waals surface area contributed by atoms with Crippen LogP contribution in [-0.2, 0) is 4.74 Å². The average molecular weight is 235 g/mol. The molecule has 1 rings (SSSR count). The zero-order valence-electron chi connectivity index (χ0n) is 9.47. The van der Waals surface area contributed by atoms with Crippen LogP contribution in [-0.4, -0.2) is 31.1 Å². The monoisotopic (exact) mass is 235 g/mol. The van der Waals surface area contributed by atoms with Crippen molar-refractivity contribution < 1.29 is 17.9 Å². The van der Waals surface area contributed by atoms with E-state index in [-0.39, 0.29) is 0 Å². The van der Waals surface area contributed by atoms with Gasteiger partial charge in [0.1, 0.15) is 6.61 Å². The Morgan fingerprint density at radius 2 is 2.25 bits per heavy atom. The van der Waals surface area contributed by atoms with E-state index in [1.54, 1.807) is 0 Å². The molecular formula is C11H16F3NO. The summed E-state index contributed by atoms with van der Waals surface area (Å²) in [5.41, 5.74) is 2.07. The van der Waals surface area contributed by atoms with Gasteiger partial charge in [0.2, 0.25) is 0 Å². The standard InChI is InChI=1S/C11H16F3NO/c1-3-8(2)10-5-4-9(6-15-10)16-7-11(12,13)14/h3,9H,4-7H2,1-2H3/b8-3-. The van der Waals surface area contributed by atoms with Crippen molar-refractivity contribution in [1.82, 2.24) is 0 Å². The first-order valence-corrected chi connectivity index (χ1v) is 5.27. The van der Waals surface area contributed by atoms with E-state index in [0.717, 1.165) is 11.3 Å². The van der Waals surface area contributed by atoms with Gasteiger partial charge in [0.25, 0.3) is 0 Å². The molecule has 92 valence electrons. The van der Waals surface area contributed by atoms with Crippen LogP contribution in [0.2, 0.25) is 0 Å². The first kappa shape index (κ1) is 13.2. The summed E-state index contributed by atoms with van der Waals surface area (Å²) in [5.74, 6) is 0. The summed E-state index contributed by atoms with van der Waals surface area (Å²) in [5, 5.41) is 0. The van der Waals surface area contributed by atoms with Gasteiger partial charge in [-0.1, -0.05) is 6.08 Å². The molecule has 5 heteroatoms. The van der Waals surface area contributed by atoms with E-state index in [0.29, 0.717) is 19.4 Å². The van der Waals surface area contributed by atoms with Gasteiger partial charge in [-0.25, -0.2) is 0 Å². The maximum atomic E-state index is 11.9. The van der Waals surface area contributed by atoms with E-state index >= 15 is 0 Å². The van der Waals surface area contributed by atoms with Crippen molar-refractivity contribution in [3.63, 3.8) is 0 Å². The zero-order valence-corrected chi connectivity index (χ0v) is 9.47. The fourth-order valence-electron chi connectivity index (χ4n) is 1.52. The summed E-state index contributed by atoms with van der Waals surface area (Å²) in [4.78, 5) is 4.24. The van der Waals surface area contributed by atoms with Crippen LogP contribution < -0.4 is 0 Å². The van der Waals surface area contributed by atoms with Gasteiger partial charge < -0.3 is 4.74 Å². The molecule has 0 spiro atoms. The van der Waals surface area contributed by atoms with E-state index in [1.165, 1.54) is 0 Å². The van der Waals surface area contributed by atoms with Gasteiger partial charge in [-0.3, -0.25) is 4.99 Å². The van der Waals surface area contributed by atoms with Crippen LogP contribution in [0.1, 0.15) is 26.7 Å². The highest BCUT2D eigenvalue weighted by Gasteiger charge is 2.29. The second-order valence-electron chi connectivity index (χ2n) is 3.85.